The van der Waals surface area contributed by atoms with Gasteiger partial charge in [0.2, 0.25) is 11.6 Å². The van der Waals surface area contributed by atoms with Gasteiger partial charge in [0.25, 0.3) is 0 Å². The van der Waals surface area contributed by atoms with E-state index in [1.807, 2.05) is 0 Å². The minimum atomic E-state index is -4.53. The standard InChI is InChI=1S/C28H23F4N5/c1-16-4-3-5-20(25(16)28(30,31)32)18-6-8-23-21(12-18)26(19-7-9-24(33-2)22(29)13-19)37-27(36-23)35-15-17-10-11-34-14-17/h3-9,12-13,17,34H,10-11,14-15H2,1H3,(H,35,36,37)/t17-/m0/s1. The average Bonchev–Trinajstić information content (AvgIpc) is 3.39. The molecule has 5 rings (SSSR count). The van der Waals surface area contributed by atoms with Crippen LogP contribution in [0.3, 0.4) is 0 Å². The van der Waals surface area contributed by atoms with Gasteiger partial charge >= 0.3 is 6.18 Å². The number of benzene rings is 3. The van der Waals surface area contributed by atoms with Gasteiger partial charge in [-0.15, -0.1) is 0 Å². The van der Waals surface area contributed by atoms with E-state index in [1.54, 1.807) is 30.3 Å². The van der Waals surface area contributed by atoms with Gasteiger partial charge in [-0.05, 0) is 67.2 Å². The van der Waals surface area contributed by atoms with Gasteiger partial charge in [-0.3, -0.25) is 0 Å². The summed E-state index contributed by atoms with van der Waals surface area (Å²) in [5.74, 6) is 0.0750. The molecule has 5 nitrogen and oxygen atoms in total. The molecule has 1 fully saturated rings. The highest BCUT2D eigenvalue weighted by atomic mass is 19.4. The lowest BCUT2D eigenvalue weighted by molar-refractivity contribution is -0.137. The molecule has 1 saturated heterocycles. The zero-order valence-corrected chi connectivity index (χ0v) is 20.0. The molecule has 1 aromatic heterocycles. The summed E-state index contributed by atoms with van der Waals surface area (Å²) in [6.07, 6.45) is -3.51. The van der Waals surface area contributed by atoms with Crippen molar-refractivity contribution in [1.29, 1.82) is 0 Å². The van der Waals surface area contributed by atoms with Crippen molar-refractivity contribution >= 4 is 22.5 Å². The van der Waals surface area contributed by atoms with Crippen LogP contribution in [-0.2, 0) is 6.18 Å². The van der Waals surface area contributed by atoms with Crippen LogP contribution in [-0.4, -0.2) is 29.6 Å². The summed E-state index contributed by atoms with van der Waals surface area (Å²) in [7, 11) is 0. The van der Waals surface area contributed by atoms with Gasteiger partial charge in [0, 0.05) is 17.5 Å². The maximum absolute atomic E-state index is 14.6. The van der Waals surface area contributed by atoms with Crippen LogP contribution in [0.15, 0.2) is 54.6 Å². The summed E-state index contributed by atoms with van der Waals surface area (Å²) in [6.45, 7) is 11.0. The molecule has 4 aromatic rings. The molecule has 2 heterocycles. The van der Waals surface area contributed by atoms with Crippen molar-refractivity contribution in [3.63, 3.8) is 0 Å². The van der Waals surface area contributed by atoms with Gasteiger partial charge < -0.3 is 10.6 Å². The largest absolute Gasteiger partial charge is 0.417 e. The highest BCUT2D eigenvalue weighted by molar-refractivity contribution is 5.96. The third kappa shape index (κ3) is 4.98. The number of hydrogen-bond donors (Lipinski definition) is 2. The lowest BCUT2D eigenvalue weighted by atomic mass is 9.94. The van der Waals surface area contributed by atoms with Crippen LogP contribution in [0.2, 0.25) is 0 Å². The Kier molecular flexibility index (Phi) is 6.52. The Bertz CT molecular complexity index is 1520. The summed E-state index contributed by atoms with van der Waals surface area (Å²) in [6, 6.07) is 13.5. The molecule has 3 aromatic carbocycles. The van der Waals surface area contributed by atoms with Crippen LogP contribution in [0.1, 0.15) is 17.5 Å². The number of halogens is 4. The highest BCUT2D eigenvalue weighted by Gasteiger charge is 2.35. The Balaban J connectivity index is 1.67. The van der Waals surface area contributed by atoms with Crippen LogP contribution in [0.5, 0.6) is 0 Å². The highest BCUT2D eigenvalue weighted by Crippen LogP contribution is 2.41. The zero-order chi connectivity index (χ0) is 26.2. The van der Waals surface area contributed by atoms with Gasteiger partial charge in [0.1, 0.15) is 5.82 Å². The van der Waals surface area contributed by atoms with E-state index in [1.165, 1.54) is 31.2 Å². The first-order valence-electron chi connectivity index (χ1n) is 11.9. The van der Waals surface area contributed by atoms with Gasteiger partial charge in [-0.2, -0.15) is 13.2 Å². The third-order valence-corrected chi connectivity index (χ3v) is 6.62. The summed E-state index contributed by atoms with van der Waals surface area (Å²) in [5.41, 5.74) is 0.985. The zero-order valence-electron chi connectivity index (χ0n) is 20.0. The SMILES string of the molecule is [C-]#[N+]c1ccc(-c2nc(NC[C@H]3CCNC3)nc3ccc(-c4cccc(C)c4C(F)(F)F)cc23)cc1F. The normalized spacial score (nSPS) is 15.6. The van der Waals surface area contributed by atoms with Crippen molar-refractivity contribution in [2.45, 2.75) is 19.5 Å². The Labute approximate surface area is 211 Å². The molecule has 0 spiro atoms. The van der Waals surface area contributed by atoms with Crippen molar-refractivity contribution in [1.82, 2.24) is 15.3 Å². The van der Waals surface area contributed by atoms with Crippen LogP contribution >= 0.6 is 0 Å². The number of anilines is 1. The first-order chi connectivity index (χ1) is 17.7. The van der Waals surface area contributed by atoms with E-state index in [2.05, 4.69) is 25.4 Å². The van der Waals surface area contributed by atoms with Crippen LogP contribution < -0.4 is 10.6 Å². The van der Waals surface area contributed by atoms with Crippen LogP contribution in [0, 0.1) is 25.2 Å². The fourth-order valence-corrected chi connectivity index (χ4v) is 4.75. The molecule has 1 aliphatic heterocycles. The van der Waals surface area contributed by atoms with Crippen LogP contribution in [0.4, 0.5) is 29.2 Å². The molecule has 0 unspecified atom stereocenters. The number of fused-ring (bicyclic) bond motifs is 1. The number of aromatic nitrogens is 2. The van der Waals surface area contributed by atoms with Gasteiger partial charge in [-0.25, -0.2) is 19.2 Å². The first-order valence-corrected chi connectivity index (χ1v) is 11.9. The second-order valence-corrected chi connectivity index (χ2v) is 9.14. The second-order valence-electron chi connectivity index (χ2n) is 9.14. The number of nitrogens with zero attached hydrogens (tertiary/aromatic N) is 3. The molecule has 9 heteroatoms. The van der Waals surface area contributed by atoms with E-state index in [0.29, 0.717) is 46.1 Å². The topological polar surface area (TPSA) is 54.2 Å². The molecule has 0 aliphatic carbocycles. The van der Waals surface area contributed by atoms with E-state index >= 15 is 0 Å². The molecule has 0 saturated carbocycles. The number of rotatable bonds is 5. The van der Waals surface area contributed by atoms with E-state index < -0.39 is 17.6 Å². The second kappa shape index (κ2) is 9.79. The predicted molar refractivity (Wildman–Crippen MR) is 136 cm³/mol. The first kappa shape index (κ1) is 24.7. The molecule has 0 radical (unpaired) electrons. The Morgan fingerprint density at radius 1 is 1.08 bits per heavy atom. The van der Waals surface area contributed by atoms with E-state index in [4.69, 9.17) is 6.57 Å². The predicted octanol–water partition coefficient (Wildman–Crippen LogP) is 7.00. The smallest absolute Gasteiger partial charge is 0.354 e. The van der Waals surface area contributed by atoms with Gasteiger partial charge in [0.15, 0.2) is 0 Å². The molecule has 188 valence electrons. The maximum atomic E-state index is 14.6. The molecular formula is C28H23F4N5. The van der Waals surface area contributed by atoms with Crippen molar-refractivity contribution in [3.8, 4) is 22.4 Å². The Morgan fingerprint density at radius 3 is 2.59 bits per heavy atom. The van der Waals surface area contributed by atoms with Crippen molar-refractivity contribution in [2.75, 3.05) is 25.0 Å². The molecule has 1 atom stereocenters. The van der Waals surface area contributed by atoms with Gasteiger partial charge in [-0.1, -0.05) is 36.4 Å². The van der Waals surface area contributed by atoms with Crippen molar-refractivity contribution < 1.29 is 17.6 Å². The quantitative estimate of drug-likeness (QED) is 0.227. The van der Waals surface area contributed by atoms with E-state index in [9.17, 15) is 17.6 Å². The summed E-state index contributed by atoms with van der Waals surface area (Å²) in [4.78, 5) is 12.4. The Hall–Kier alpha value is -4.03. The summed E-state index contributed by atoms with van der Waals surface area (Å²) in [5, 5.41) is 7.04. The molecule has 37 heavy (non-hydrogen) atoms. The number of aryl methyl sites for hydroxylation is 1. The van der Waals surface area contributed by atoms with Crippen molar-refractivity contribution in [2.24, 2.45) is 5.92 Å². The Morgan fingerprint density at radius 2 is 1.89 bits per heavy atom. The number of alkyl halides is 3. The minimum absolute atomic E-state index is 0.0471. The van der Waals surface area contributed by atoms with Crippen LogP contribution in [0.25, 0.3) is 38.1 Å². The molecule has 2 N–H and O–H groups in total. The molecule has 1 aliphatic rings. The minimum Gasteiger partial charge on any atom is -0.354 e. The maximum Gasteiger partial charge on any atom is 0.417 e. The van der Waals surface area contributed by atoms with Crippen molar-refractivity contribution in [3.05, 3.63) is 83.0 Å². The van der Waals surface area contributed by atoms with E-state index in [0.717, 1.165) is 19.5 Å². The number of hydrogen-bond acceptors (Lipinski definition) is 4. The van der Waals surface area contributed by atoms with E-state index in [-0.39, 0.29) is 16.8 Å². The summed E-state index contributed by atoms with van der Waals surface area (Å²) < 4.78 is 56.4. The lowest BCUT2D eigenvalue weighted by Gasteiger charge is -2.17. The molecular weight excluding hydrogens is 482 g/mol. The molecule has 0 amide bonds. The fraction of sp³-hybridized carbons (Fsp3) is 0.250. The number of nitrogens with one attached hydrogen (secondary N) is 2. The lowest BCUT2D eigenvalue weighted by Crippen LogP contribution is -2.18. The monoisotopic (exact) mass is 505 g/mol. The third-order valence-electron chi connectivity index (χ3n) is 6.62. The fourth-order valence-electron chi connectivity index (χ4n) is 4.75. The average molecular weight is 506 g/mol. The molecule has 0 bridgehead atoms. The van der Waals surface area contributed by atoms with Gasteiger partial charge in [0.05, 0.1) is 23.3 Å². The summed E-state index contributed by atoms with van der Waals surface area (Å²) >= 11 is 0.